The van der Waals surface area contributed by atoms with Crippen molar-refractivity contribution < 1.29 is 13.8 Å². The Morgan fingerprint density at radius 2 is 2.00 bits per heavy atom. The molecule has 0 radical (unpaired) electrons. The molecule has 0 bridgehead atoms. The van der Waals surface area contributed by atoms with Gasteiger partial charge in [-0.25, -0.2) is 0 Å². The number of carbonyl (C=O) groups is 1. The maximum atomic E-state index is 11.7. The smallest absolute Gasteiger partial charge is 0.328 e. The van der Waals surface area contributed by atoms with Crippen LogP contribution in [0.25, 0.3) is 0 Å². The predicted molar refractivity (Wildman–Crippen MR) is 57.3 cm³/mol. The van der Waals surface area contributed by atoms with E-state index in [2.05, 4.69) is 20.6 Å². The van der Waals surface area contributed by atoms with Crippen molar-refractivity contribution in [3.05, 3.63) is 22.8 Å². The van der Waals surface area contributed by atoms with Crippen LogP contribution >= 0.6 is 0 Å². The summed E-state index contributed by atoms with van der Waals surface area (Å²) in [6.07, 6.45) is 0.169. The van der Waals surface area contributed by atoms with Crippen LogP contribution in [0.4, 0.5) is 6.01 Å². The molecule has 0 spiro atoms. The third-order valence-electron chi connectivity index (χ3n) is 2.29. The zero-order valence-electron chi connectivity index (χ0n) is 9.77. The molecule has 0 aliphatic rings. The second kappa shape index (κ2) is 4.36. The number of amides is 1. The van der Waals surface area contributed by atoms with Crippen LogP contribution in [-0.2, 0) is 11.2 Å². The molecule has 0 unspecified atom stereocenters. The van der Waals surface area contributed by atoms with Gasteiger partial charge in [0.05, 0.1) is 12.1 Å². The van der Waals surface area contributed by atoms with Gasteiger partial charge in [0.25, 0.3) is 0 Å². The first-order chi connectivity index (χ1) is 8.06. The summed E-state index contributed by atoms with van der Waals surface area (Å²) in [6.45, 7) is 5.23. The molecule has 2 aromatic heterocycles. The molecule has 2 aromatic rings. The lowest BCUT2D eigenvalue weighted by Crippen LogP contribution is -2.15. The average molecular weight is 236 g/mol. The summed E-state index contributed by atoms with van der Waals surface area (Å²) in [5, 5.41) is 9.85. The Bertz CT molecular complexity index is 524. The lowest BCUT2D eigenvalue weighted by molar-refractivity contribution is -0.115. The Morgan fingerprint density at radius 3 is 2.53 bits per heavy atom. The van der Waals surface area contributed by atoms with Gasteiger partial charge in [-0.15, -0.1) is 0 Å². The molecule has 0 aromatic carbocycles. The zero-order chi connectivity index (χ0) is 12.4. The predicted octanol–water partition coefficient (Wildman–Crippen LogP) is 1.16. The SMILES string of the molecule is Cc1noc(NC(=O)Cc2c(C)noc2C)n1. The maximum absolute atomic E-state index is 11.7. The van der Waals surface area contributed by atoms with Crippen molar-refractivity contribution >= 4 is 11.9 Å². The molecule has 0 aliphatic heterocycles. The summed E-state index contributed by atoms with van der Waals surface area (Å²) in [4.78, 5) is 15.6. The highest BCUT2D eigenvalue weighted by molar-refractivity contribution is 5.90. The third kappa shape index (κ3) is 2.49. The van der Waals surface area contributed by atoms with E-state index in [0.717, 1.165) is 5.56 Å². The van der Waals surface area contributed by atoms with Crippen molar-refractivity contribution in [3.63, 3.8) is 0 Å². The largest absolute Gasteiger partial charge is 0.361 e. The molecule has 90 valence electrons. The van der Waals surface area contributed by atoms with Gasteiger partial charge in [-0.1, -0.05) is 10.3 Å². The Hall–Kier alpha value is -2.18. The quantitative estimate of drug-likeness (QED) is 0.859. The first-order valence-electron chi connectivity index (χ1n) is 5.08. The topological polar surface area (TPSA) is 94.1 Å². The first-order valence-corrected chi connectivity index (χ1v) is 5.08. The van der Waals surface area contributed by atoms with Gasteiger partial charge in [0.15, 0.2) is 5.82 Å². The Morgan fingerprint density at radius 1 is 1.24 bits per heavy atom. The van der Waals surface area contributed by atoms with Crippen LogP contribution in [0, 0.1) is 20.8 Å². The van der Waals surface area contributed by atoms with Gasteiger partial charge in [-0.05, 0) is 20.8 Å². The molecule has 1 amide bonds. The number of hydrogen-bond donors (Lipinski definition) is 1. The molecule has 7 heteroatoms. The highest BCUT2D eigenvalue weighted by Crippen LogP contribution is 2.13. The molecule has 0 saturated carbocycles. The Labute approximate surface area is 97.2 Å². The number of anilines is 1. The van der Waals surface area contributed by atoms with Crippen molar-refractivity contribution in [1.82, 2.24) is 15.3 Å². The van der Waals surface area contributed by atoms with Crippen molar-refractivity contribution in [2.24, 2.45) is 0 Å². The number of carbonyl (C=O) groups excluding carboxylic acids is 1. The minimum Gasteiger partial charge on any atom is -0.361 e. The van der Waals surface area contributed by atoms with E-state index in [1.807, 2.05) is 0 Å². The molecule has 0 fully saturated rings. The minimum absolute atomic E-state index is 0.0965. The van der Waals surface area contributed by atoms with Gasteiger partial charge in [0.2, 0.25) is 5.91 Å². The van der Waals surface area contributed by atoms with Crippen molar-refractivity contribution in [1.29, 1.82) is 0 Å². The van der Waals surface area contributed by atoms with E-state index in [0.29, 0.717) is 17.3 Å². The van der Waals surface area contributed by atoms with E-state index in [1.54, 1.807) is 20.8 Å². The van der Waals surface area contributed by atoms with E-state index in [-0.39, 0.29) is 18.3 Å². The molecular formula is C10H12N4O3. The normalized spacial score (nSPS) is 10.5. The number of nitrogens with one attached hydrogen (secondary N) is 1. The summed E-state index contributed by atoms with van der Waals surface area (Å²) < 4.78 is 9.75. The van der Waals surface area contributed by atoms with Crippen LogP contribution in [0.2, 0.25) is 0 Å². The van der Waals surface area contributed by atoms with Gasteiger partial charge < -0.3 is 9.05 Å². The molecule has 0 aliphatic carbocycles. The van der Waals surface area contributed by atoms with Crippen molar-refractivity contribution in [2.75, 3.05) is 5.32 Å². The van der Waals surface area contributed by atoms with Gasteiger partial charge in [0.1, 0.15) is 5.76 Å². The number of aryl methyl sites for hydroxylation is 3. The monoisotopic (exact) mass is 236 g/mol. The molecule has 2 rings (SSSR count). The first kappa shape index (κ1) is 11.3. The Balaban J connectivity index is 2.03. The molecular weight excluding hydrogens is 224 g/mol. The van der Waals surface area contributed by atoms with E-state index in [9.17, 15) is 4.79 Å². The highest BCUT2D eigenvalue weighted by Gasteiger charge is 2.15. The van der Waals surface area contributed by atoms with Crippen LogP contribution in [0.3, 0.4) is 0 Å². The second-order valence-corrected chi connectivity index (χ2v) is 3.67. The second-order valence-electron chi connectivity index (χ2n) is 3.67. The van der Waals surface area contributed by atoms with Crippen LogP contribution in [0.15, 0.2) is 9.05 Å². The number of rotatable bonds is 3. The fourth-order valence-corrected chi connectivity index (χ4v) is 1.43. The van der Waals surface area contributed by atoms with Crippen LogP contribution < -0.4 is 5.32 Å². The zero-order valence-corrected chi connectivity index (χ0v) is 9.77. The number of hydrogen-bond acceptors (Lipinski definition) is 6. The molecule has 7 nitrogen and oxygen atoms in total. The molecule has 17 heavy (non-hydrogen) atoms. The summed E-state index contributed by atoms with van der Waals surface area (Å²) >= 11 is 0. The number of nitrogens with zero attached hydrogens (tertiary/aromatic N) is 3. The van der Waals surface area contributed by atoms with E-state index < -0.39 is 0 Å². The molecule has 0 saturated heterocycles. The van der Waals surface area contributed by atoms with E-state index >= 15 is 0 Å². The van der Waals surface area contributed by atoms with Crippen molar-refractivity contribution in [3.8, 4) is 0 Å². The molecule has 0 atom stereocenters. The number of aromatic nitrogens is 3. The van der Waals surface area contributed by atoms with Gasteiger partial charge in [0, 0.05) is 5.56 Å². The van der Waals surface area contributed by atoms with Crippen LogP contribution in [0.1, 0.15) is 22.8 Å². The average Bonchev–Trinajstić information content (AvgIpc) is 2.79. The van der Waals surface area contributed by atoms with E-state index in [1.165, 1.54) is 0 Å². The minimum atomic E-state index is -0.247. The van der Waals surface area contributed by atoms with Crippen LogP contribution in [0.5, 0.6) is 0 Å². The summed E-state index contributed by atoms with van der Waals surface area (Å²) in [7, 11) is 0. The fourth-order valence-electron chi connectivity index (χ4n) is 1.43. The summed E-state index contributed by atoms with van der Waals surface area (Å²) in [5.74, 6) is 0.861. The highest BCUT2D eigenvalue weighted by atomic mass is 16.5. The van der Waals surface area contributed by atoms with E-state index in [4.69, 9.17) is 9.05 Å². The van der Waals surface area contributed by atoms with Gasteiger partial charge in [-0.2, -0.15) is 4.98 Å². The van der Waals surface area contributed by atoms with Gasteiger partial charge >= 0.3 is 6.01 Å². The molecule has 2 heterocycles. The molecule has 1 N–H and O–H groups in total. The lowest BCUT2D eigenvalue weighted by Gasteiger charge is -1.99. The Kier molecular flexibility index (Phi) is 2.90. The fraction of sp³-hybridized carbons (Fsp3) is 0.400. The van der Waals surface area contributed by atoms with Gasteiger partial charge in [-0.3, -0.25) is 10.1 Å². The maximum Gasteiger partial charge on any atom is 0.328 e. The third-order valence-corrected chi connectivity index (χ3v) is 2.29. The summed E-state index contributed by atoms with van der Waals surface area (Å²) in [5.41, 5.74) is 1.48. The van der Waals surface area contributed by atoms with Crippen molar-refractivity contribution in [2.45, 2.75) is 27.2 Å². The standard InChI is InChI=1S/C10H12N4O3/c1-5-8(6(2)16-13-5)4-9(15)12-10-11-7(3)14-17-10/h4H2,1-3H3,(H,11,12,14,15). The van der Waals surface area contributed by atoms with Crippen LogP contribution in [-0.4, -0.2) is 21.2 Å². The summed E-state index contributed by atoms with van der Waals surface area (Å²) in [6, 6.07) is 0.0965. The lowest BCUT2D eigenvalue weighted by atomic mass is 10.1.